The number of benzene rings is 1. The number of thiophene rings is 1. The highest BCUT2D eigenvalue weighted by Gasteiger charge is 2.25. The van der Waals surface area contributed by atoms with Gasteiger partial charge in [0.25, 0.3) is 15.9 Å². The Morgan fingerprint density at radius 3 is 2.54 bits per heavy atom. The van der Waals surface area contributed by atoms with Gasteiger partial charge in [0.1, 0.15) is 9.96 Å². The minimum Gasteiger partial charge on any atom is -0.508 e. The first-order valence-corrected chi connectivity index (χ1v) is 10.2. The molecule has 0 spiro atoms. The maximum absolute atomic E-state index is 12.4. The lowest BCUT2D eigenvalue weighted by atomic mass is 10.0. The highest BCUT2D eigenvalue weighted by molar-refractivity contribution is 7.92. The van der Waals surface area contributed by atoms with E-state index in [4.69, 9.17) is 5.73 Å². The minimum atomic E-state index is -4.11. The number of ketones is 1. The Hall–Kier alpha value is -2.23. The van der Waals surface area contributed by atoms with Gasteiger partial charge in [-0.15, -0.1) is 11.3 Å². The molecule has 140 valence electrons. The van der Waals surface area contributed by atoms with Crippen LogP contribution in [0.3, 0.4) is 0 Å². The number of nitrogens with one attached hydrogen (secondary N) is 1. The van der Waals surface area contributed by atoms with Crippen LogP contribution >= 0.6 is 11.3 Å². The van der Waals surface area contributed by atoms with Crippen LogP contribution in [0.2, 0.25) is 0 Å². The van der Waals surface area contributed by atoms with Gasteiger partial charge in [0.2, 0.25) is 5.78 Å². The molecule has 0 aliphatic rings. The van der Waals surface area contributed by atoms with Crippen molar-refractivity contribution in [2.24, 2.45) is 11.7 Å². The summed E-state index contributed by atoms with van der Waals surface area (Å²) in [5.41, 5.74) is 5.93. The van der Waals surface area contributed by atoms with Crippen LogP contribution in [0, 0.1) is 5.92 Å². The predicted molar refractivity (Wildman–Crippen MR) is 98.6 cm³/mol. The molecule has 0 aliphatic heterocycles. The average Bonchev–Trinajstić information content (AvgIpc) is 3.04. The number of rotatable bonds is 7. The van der Waals surface area contributed by atoms with Crippen LogP contribution in [-0.2, 0) is 14.8 Å². The van der Waals surface area contributed by atoms with Crippen molar-refractivity contribution < 1.29 is 23.1 Å². The third-order valence-electron chi connectivity index (χ3n) is 3.48. The Labute approximate surface area is 155 Å². The first-order valence-electron chi connectivity index (χ1n) is 7.86. The van der Waals surface area contributed by atoms with Crippen LogP contribution in [0.5, 0.6) is 5.75 Å². The number of carbonyl (C=O) groups is 2. The van der Waals surface area contributed by atoms with Gasteiger partial charge in [-0.1, -0.05) is 26.0 Å². The Bertz CT molecular complexity index is 919. The van der Waals surface area contributed by atoms with E-state index >= 15 is 0 Å². The molecule has 7 nitrogen and oxygen atoms in total. The largest absolute Gasteiger partial charge is 0.508 e. The Balaban J connectivity index is 2.17. The standard InChI is InChI=1S/C17H20N2O5S2/c1-10(2)8-13(18)17(22)19-26(23,24)15-7-6-14(25-15)16(21)11-4-3-5-12(20)9-11/h3-7,9-10,13,20H,8,18H2,1-2H3,(H,19,22)/t13-/m0/s1. The maximum Gasteiger partial charge on any atom is 0.273 e. The zero-order valence-electron chi connectivity index (χ0n) is 14.3. The number of amides is 1. The fraction of sp³-hybridized carbons (Fsp3) is 0.294. The van der Waals surface area contributed by atoms with Gasteiger partial charge in [0, 0.05) is 5.56 Å². The van der Waals surface area contributed by atoms with E-state index in [9.17, 15) is 23.1 Å². The van der Waals surface area contributed by atoms with Gasteiger partial charge < -0.3 is 10.8 Å². The smallest absolute Gasteiger partial charge is 0.273 e. The van der Waals surface area contributed by atoms with Crippen LogP contribution in [-0.4, -0.2) is 31.3 Å². The van der Waals surface area contributed by atoms with E-state index in [1.807, 2.05) is 18.6 Å². The summed E-state index contributed by atoms with van der Waals surface area (Å²) in [4.78, 5) is 24.5. The molecule has 0 saturated carbocycles. The molecule has 1 heterocycles. The first kappa shape index (κ1) is 20.1. The molecule has 26 heavy (non-hydrogen) atoms. The van der Waals surface area contributed by atoms with Gasteiger partial charge in [-0.05, 0) is 36.6 Å². The maximum atomic E-state index is 12.4. The number of aromatic hydroxyl groups is 1. The fourth-order valence-electron chi connectivity index (χ4n) is 2.25. The van der Waals surface area contributed by atoms with E-state index in [0.717, 1.165) is 11.3 Å². The number of hydrogen-bond acceptors (Lipinski definition) is 7. The molecule has 0 fully saturated rings. The molecule has 9 heteroatoms. The molecule has 0 aliphatic carbocycles. The second kappa shape index (κ2) is 7.98. The lowest BCUT2D eigenvalue weighted by Gasteiger charge is -2.13. The Morgan fingerprint density at radius 2 is 1.92 bits per heavy atom. The lowest BCUT2D eigenvalue weighted by molar-refractivity contribution is -0.120. The zero-order valence-corrected chi connectivity index (χ0v) is 15.9. The molecular weight excluding hydrogens is 376 g/mol. The third-order valence-corrected chi connectivity index (χ3v) is 6.40. The summed E-state index contributed by atoms with van der Waals surface area (Å²) in [5, 5.41) is 9.45. The molecule has 1 aromatic carbocycles. The van der Waals surface area contributed by atoms with Gasteiger partial charge in [-0.25, -0.2) is 13.1 Å². The van der Waals surface area contributed by atoms with Crippen molar-refractivity contribution in [3.63, 3.8) is 0 Å². The number of phenols is 1. The molecule has 4 N–H and O–H groups in total. The molecule has 0 bridgehead atoms. The van der Waals surface area contributed by atoms with Crippen LogP contribution < -0.4 is 10.5 Å². The highest BCUT2D eigenvalue weighted by Crippen LogP contribution is 2.25. The quantitative estimate of drug-likeness (QED) is 0.613. The van der Waals surface area contributed by atoms with Gasteiger partial charge in [-0.2, -0.15) is 0 Å². The first-order chi connectivity index (χ1) is 12.1. The van der Waals surface area contributed by atoms with E-state index in [1.54, 1.807) is 0 Å². The minimum absolute atomic E-state index is 0.0633. The van der Waals surface area contributed by atoms with Crippen LogP contribution in [0.1, 0.15) is 35.5 Å². The van der Waals surface area contributed by atoms with Gasteiger partial charge in [0.05, 0.1) is 10.9 Å². The van der Waals surface area contributed by atoms with E-state index < -0.39 is 27.8 Å². The summed E-state index contributed by atoms with van der Waals surface area (Å²) in [7, 11) is -4.11. The van der Waals surface area contributed by atoms with Crippen molar-refractivity contribution in [1.29, 1.82) is 0 Å². The SMILES string of the molecule is CC(C)C[C@H](N)C(=O)NS(=O)(=O)c1ccc(C(=O)c2cccc(O)c2)s1. The topological polar surface area (TPSA) is 127 Å². The van der Waals surface area contributed by atoms with E-state index in [0.29, 0.717) is 6.42 Å². The molecule has 1 aromatic heterocycles. The third kappa shape index (κ3) is 4.90. The lowest BCUT2D eigenvalue weighted by Crippen LogP contribution is -2.43. The van der Waals surface area contributed by atoms with Gasteiger partial charge in [0.15, 0.2) is 0 Å². The fourth-order valence-corrected chi connectivity index (χ4v) is 4.55. The normalized spacial score (nSPS) is 12.8. The number of sulfonamides is 1. The Morgan fingerprint density at radius 1 is 1.23 bits per heavy atom. The summed E-state index contributed by atoms with van der Waals surface area (Å²) >= 11 is 0.742. The number of nitrogens with two attached hydrogens (primary N) is 1. The summed E-state index contributed by atoms with van der Waals surface area (Å²) in [5.74, 6) is -1.12. The van der Waals surface area contributed by atoms with Crippen molar-refractivity contribution in [2.45, 2.75) is 30.5 Å². The second-order valence-electron chi connectivity index (χ2n) is 6.20. The highest BCUT2D eigenvalue weighted by atomic mass is 32.2. The van der Waals surface area contributed by atoms with Crippen LogP contribution in [0.15, 0.2) is 40.6 Å². The molecule has 2 rings (SSSR count). The van der Waals surface area contributed by atoms with Crippen molar-refractivity contribution in [3.8, 4) is 5.75 Å². The van der Waals surface area contributed by atoms with Crippen molar-refractivity contribution in [2.75, 3.05) is 0 Å². The molecule has 2 aromatic rings. The van der Waals surface area contributed by atoms with Crippen LogP contribution in [0.4, 0.5) is 0 Å². The second-order valence-corrected chi connectivity index (χ2v) is 9.20. The van der Waals surface area contributed by atoms with Gasteiger partial charge in [-0.3, -0.25) is 9.59 Å². The summed E-state index contributed by atoms with van der Waals surface area (Å²) in [6, 6.07) is 7.44. The van der Waals surface area contributed by atoms with Gasteiger partial charge >= 0.3 is 0 Å². The molecule has 0 saturated heterocycles. The molecule has 0 radical (unpaired) electrons. The summed E-state index contributed by atoms with van der Waals surface area (Å²) in [6.07, 6.45) is 0.354. The predicted octanol–water partition coefficient (Wildman–Crippen LogP) is 1.86. The Kier molecular flexibility index (Phi) is 6.17. The van der Waals surface area contributed by atoms with E-state index in [-0.39, 0.29) is 26.3 Å². The van der Waals surface area contributed by atoms with E-state index in [1.165, 1.54) is 36.4 Å². The van der Waals surface area contributed by atoms with Crippen molar-refractivity contribution >= 4 is 33.1 Å². The zero-order chi connectivity index (χ0) is 19.5. The summed E-state index contributed by atoms with van der Waals surface area (Å²) < 4.78 is 26.4. The van der Waals surface area contributed by atoms with E-state index in [2.05, 4.69) is 0 Å². The number of phenolic OH excluding ortho intramolecular Hbond substituents is 1. The number of hydrogen-bond donors (Lipinski definition) is 3. The van der Waals surface area contributed by atoms with Crippen molar-refractivity contribution in [1.82, 2.24) is 4.72 Å². The number of carbonyl (C=O) groups excluding carboxylic acids is 2. The van der Waals surface area contributed by atoms with Crippen molar-refractivity contribution in [3.05, 3.63) is 46.8 Å². The molecule has 1 amide bonds. The van der Waals surface area contributed by atoms with Crippen LogP contribution in [0.25, 0.3) is 0 Å². The summed E-state index contributed by atoms with van der Waals surface area (Å²) in [6.45, 7) is 3.75. The molecule has 1 atom stereocenters. The molecule has 0 unspecified atom stereocenters. The average molecular weight is 396 g/mol. The molecular formula is C17H20N2O5S2. The monoisotopic (exact) mass is 396 g/mol.